The Bertz CT molecular complexity index is 853. The van der Waals surface area contributed by atoms with Gasteiger partial charge >= 0.3 is 0 Å². The van der Waals surface area contributed by atoms with E-state index in [0.29, 0.717) is 0 Å². The van der Waals surface area contributed by atoms with Gasteiger partial charge in [0.2, 0.25) is 0 Å². The highest BCUT2D eigenvalue weighted by molar-refractivity contribution is 5.09. The predicted octanol–water partition coefficient (Wildman–Crippen LogP) is 5.63. The van der Waals surface area contributed by atoms with E-state index in [4.69, 9.17) is 23.7 Å². The largest absolute Gasteiger partial charge is 0.388 e. The lowest BCUT2D eigenvalue weighted by Gasteiger charge is -2.54. The molecule has 6 heteroatoms. The molecule has 5 aliphatic rings. The molecular formula is C30H50O6. The molecule has 6 nitrogen and oxygen atoms in total. The highest BCUT2D eigenvalue weighted by Gasteiger charge is 2.58. The van der Waals surface area contributed by atoms with Crippen molar-refractivity contribution in [1.82, 2.24) is 0 Å². The van der Waals surface area contributed by atoms with E-state index in [0.717, 1.165) is 69.8 Å². The zero-order chi connectivity index (χ0) is 26.1. The molecule has 0 aromatic rings. The van der Waals surface area contributed by atoms with Gasteiger partial charge in [-0.05, 0) is 113 Å². The lowest BCUT2D eigenvalue weighted by molar-refractivity contribution is -0.291. The third kappa shape index (κ3) is 4.73. The highest BCUT2D eigenvalue weighted by atomic mass is 16.6. The van der Waals surface area contributed by atoms with Crippen LogP contribution in [-0.4, -0.2) is 69.7 Å². The van der Waals surface area contributed by atoms with E-state index in [1.54, 1.807) is 0 Å². The highest BCUT2D eigenvalue weighted by Crippen LogP contribution is 2.51. The molecular weight excluding hydrogens is 456 g/mol. The zero-order valence-electron chi connectivity index (χ0n) is 23.7. The topological polar surface area (TPSA) is 66.4 Å². The molecule has 0 radical (unpaired) electrons. The van der Waals surface area contributed by atoms with Crippen molar-refractivity contribution in [3.05, 3.63) is 12.2 Å². The van der Waals surface area contributed by atoms with Crippen molar-refractivity contribution in [2.75, 3.05) is 0 Å². The molecule has 5 saturated heterocycles. The third-order valence-corrected chi connectivity index (χ3v) is 10.3. The zero-order valence-corrected chi connectivity index (χ0v) is 23.7. The third-order valence-electron chi connectivity index (χ3n) is 10.3. The first-order chi connectivity index (χ1) is 16.7. The SMILES string of the molecule is C=C(C)[C@@H]1CC[C@@](C)([C@H]2CC[C@]3(C)O[C@@H]([C@]4(C)CC[C@H]([C@]5(C)CC[C@@H](C(C)(C)O)O5)O4)CC[C@H]3O2)O1. The molecule has 206 valence electrons. The first kappa shape index (κ1) is 27.1. The van der Waals surface area contributed by atoms with Crippen molar-refractivity contribution >= 4 is 0 Å². The Labute approximate surface area is 218 Å². The van der Waals surface area contributed by atoms with Crippen molar-refractivity contribution < 1.29 is 28.8 Å². The van der Waals surface area contributed by atoms with Crippen LogP contribution >= 0.6 is 0 Å². The molecule has 1 N–H and O–H groups in total. The number of rotatable bonds is 5. The van der Waals surface area contributed by atoms with Crippen molar-refractivity contribution in [2.24, 2.45) is 0 Å². The molecule has 0 bridgehead atoms. The van der Waals surface area contributed by atoms with Gasteiger partial charge in [-0.15, -0.1) is 0 Å². The Hall–Kier alpha value is -0.500. The van der Waals surface area contributed by atoms with Gasteiger partial charge in [0.1, 0.15) is 0 Å². The number of fused-ring (bicyclic) bond motifs is 1. The van der Waals surface area contributed by atoms with Gasteiger partial charge in [0.25, 0.3) is 0 Å². The van der Waals surface area contributed by atoms with Gasteiger partial charge in [-0.1, -0.05) is 12.2 Å². The van der Waals surface area contributed by atoms with Crippen LogP contribution in [0.2, 0.25) is 0 Å². The maximum atomic E-state index is 10.5. The Morgan fingerprint density at radius 2 is 1.11 bits per heavy atom. The summed E-state index contributed by atoms with van der Waals surface area (Å²) in [6, 6.07) is 0. The van der Waals surface area contributed by atoms with Gasteiger partial charge in [0, 0.05) is 0 Å². The van der Waals surface area contributed by atoms with Crippen LogP contribution in [0.1, 0.15) is 113 Å². The summed E-state index contributed by atoms with van der Waals surface area (Å²) in [7, 11) is 0. The molecule has 5 fully saturated rings. The van der Waals surface area contributed by atoms with Gasteiger partial charge < -0.3 is 28.8 Å². The molecule has 0 saturated carbocycles. The Balaban J connectivity index is 1.21. The smallest absolute Gasteiger partial charge is 0.0924 e. The summed E-state index contributed by atoms with van der Waals surface area (Å²) in [5, 5.41) is 10.5. The summed E-state index contributed by atoms with van der Waals surface area (Å²) in [6.45, 7) is 18.7. The first-order valence-corrected chi connectivity index (χ1v) is 14.4. The monoisotopic (exact) mass is 506 g/mol. The molecule has 0 spiro atoms. The van der Waals surface area contributed by atoms with Crippen molar-refractivity contribution in [3.8, 4) is 0 Å². The summed E-state index contributed by atoms with van der Waals surface area (Å²) < 4.78 is 33.4. The van der Waals surface area contributed by atoms with Crippen LogP contribution in [0.4, 0.5) is 0 Å². The first-order valence-electron chi connectivity index (χ1n) is 14.4. The van der Waals surface area contributed by atoms with Gasteiger partial charge in [0.15, 0.2) is 0 Å². The molecule has 36 heavy (non-hydrogen) atoms. The van der Waals surface area contributed by atoms with Crippen molar-refractivity contribution in [2.45, 2.75) is 177 Å². The van der Waals surface area contributed by atoms with E-state index in [9.17, 15) is 5.11 Å². The summed E-state index contributed by atoms with van der Waals surface area (Å²) in [5.41, 5.74) is -0.952. The number of hydrogen-bond acceptors (Lipinski definition) is 6. The average Bonchev–Trinajstić information content (AvgIpc) is 3.51. The van der Waals surface area contributed by atoms with Crippen LogP contribution in [0, 0.1) is 0 Å². The van der Waals surface area contributed by atoms with E-state index in [1.807, 2.05) is 13.8 Å². The van der Waals surface area contributed by atoms with Crippen molar-refractivity contribution in [1.29, 1.82) is 0 Å². The van der Waals surface area contributed by atoms with Crippen LogP contribution in [-0.2, 0) is 23.7 Å². The van der Waals surface area contributed by atoms with E-state index >= 15 is 0 Å². The number of aliphatic hydroxyl groups is 1. The molecule has 10 atom stereocenters. The fraction of sp³-hybridized carbons (Fsp3) is 0.933. The van der Waals surface area contributed by atoms with E-state index in [1.165, 1.54) is 0 Å². The lowest BCUT2D eigenvalue weighted by Crippen LogP contribution is -2.61. The minimum atomic E-state index is -0.833. The van der Waals surface area contributed by atoms with Gasteiger partial charge in [-0.25, -0.2) is 0 Å². The lowest BCUT2D eigenvalue weighted by atomic mass is 9.77. The average molecular weight is 507 g/mol. The van der Waals surface area contributed by atoms with E-state index in [2.05, 4.69) is 41.2 Å². The second-order valence-corrected chi connectivity index (χ2v) is 14.0. The molecule has 5 heterocycles. The van der Waals surface area contributed by atoms with Gasteiger partial charge in [-0.2, -0.15) is 0 Å². The number of ether oxygens (including phenoxy) is 5. The second-order valence-electron chi connectivity index (χ2n) is 14.0. The van der Waals surface area contributed by atoms with E-state index in [-0.39, 0.29) is 59.0 Å². The summed E-state index contributed by atoms with van der Waals surface area (Å²) in [5.74, 6) is 0. The van der Waals surface area contributed by atoms with Crippen LogP contribution in [0.5, 0.6) is 0 Å². The fourth-order valence-electron chi connectivity index (χ4n) is 7.63. The van der Waals surface area contributed by atoms with Gasteiger partial charge in [-0.3, -0.25) is 0 Å². The van der Waals surface area contributed by atoms with Crippen LogP contribution < -0.4 is 0 Å². The molecule has 0 unspecified atom stereocenters. The molecule has 0 aliphatic carbocycles. The Morgan fingerprint density at radius 1 is 0.667 bits per heavy atom. The molecule has 5 rings (SSSR count). The Kier molecular flexibility index (Phi) is 6.79. The van der Waals surface area contributed by atoms with Crippen LogP contribution in [0.15, 0.2) is 12.2 Å². The maximum Gasteiger partial charge on any atom is 0.0924 e. The second kappa shape index (κ2) is 9.02. The quantitative estimate of drug-likeness (QED) is 0.488. The minimum Gasteiger partial charge on any atom is -0.388 e. The predicted molar refractivity (Wildman–Crippen MR) is 139 cm³/mol. The van der Waals surface area contributed by atoms with Crippen molar-refractivity contribution in [3.63, 3.8) is 0 Å². The molecule has 0 amide bonds. The summed E-state index contributed by atoms with van der Waals surface area (Å²) >= 11 is 0. The minimum absolute atomic E-state index is 0.0247. The van der Waals surface area contributed by atoms with E-state index < -0.39 is 5.60 Å². The standard InChI is InChI=1S/C30H50O6/c1-19(2)20-11-15-27(5,33-20)23-13-17-28(6)22(32-23)9-10-24(35-28)29(7)18-14-25(36-29)30(8)16-12-21(34-30)26(3,4)31/h20-25,31H,1,9-18H2,2-8H3/t20-,21-,22+,23+,24+,25+,27-,28-,29-,30-/m0/s1. The summed E-state index contributed by atoms with van der Waals surface area (Å²) in [4.78, 5) is 0. The number of hydrogen-bond donors (Lipinski definition) is 1. The van der Waals surface area contributed by atoms with Gasteiger partial charge in [0.05, 0.1) is 64.6 Å². The fourth-order valence-corrected chi connectivity index (χ4v) is 7.63. The van der Waals surface area contributed by atoms with Crippen LogP contribution in [0.3, 0.4) is 0 Å². The maximum absolute atomic E-state index is 10.5. The molecule has 5 aliphatic heterocycles. The van der Waals surface area contributed by atoms with Crippen LogP contribution in [0.25, 0.3) is 0 Å². The molecule has 0 aromatic heterocycles. The summed E-state index contributed by atoms with van der Waals surface area (Å²) in [6.07, 6.45) is 9.86. The molecule has 0 aromatic carbocycles. The Morgan fingerprint density at radius 3 is 1.69 bits per heavy atom. The normalized spacial score (nSPS) is 51.9.